The first-order valence-electron chi connectivity index (χ1n) is 10.5. The largest absolute Gasteiger partial charge is 0.288 e. The van der Waals surface area contributed by atoms with Crippen LogP contribution in [-0.2, 0) is 22.4 Å². The topological polar surface area (TPSA) is 100 Å². The second-order valence-corrected chi connectivity index (χ2v) is 7.62. The van der Waals surface area contributed by atoms with Crippen LogP contribution in [0.4, 0.5) is 4.39 Å². The SMILES string of the molecule is C=Cc1cccc(C#N)c1CC1C(=O)N(NC)C(Cc2ccc(F)cc2)(NC)C(=O)N1NC. The monoisotopic (exact) mass is 450 g/mol. The van der Waals surface area contributed by atoms with Gasteiger partial charge < -0.3 is 0 Å². The molecule has 0 bridgehead atoms. The lowest BCUT2D eigenvalue weighted by Crippen LogP contribution is -2.80. The van der Waals surface area contributed by atoms with E-state index in [9.17, 15) is 19.2 Å². The summed E-state index contributed by atoms with van der Waals surface area (Å²) in [7, 11) is 4.72. The molecule has 1 fully saturated rings. The highest BCUT2D eigenvalue weighted by Gasteiger charge is 2.56. The number of rotatable bonds is 8. The van der Waals surface area contributed by atoms with E-state index in [0.717, 1.165) is 5.56 Å². The van der Waals surface area contributed by atoms with Crippen LogP contribution in [0.2, 0.25) is 0 Å². The van der Waals surface area contributed by atoms with Gasteiger partial charge in [0, 0.05) is 26.9 Å². The molecule has 172 valence electrons. The Balaban J connectivity index is 2.06. The first-order chi connectivity index (χ1) is 15.9. The second-order valence-electron chi connectivity index (χ2n) is 7.62. The standard InChI is InChI=1S/C24H27FN6O2/c1-5-17-7-6-8-18(15-26)20(17)13-21-22(32)31(29-4)24(27-2,23(33)30(21)28-3)14-16-9-11-19(25)12-10-16/h5-12,21,27-29H,1,13-14H2,2-4H3. The van der Waals surface area contributed by atoms with Gasteiger partial charge in [0.05, 0.1) is 11.6 Å². The van der Waals surface area contributed by atoms with Crippen molar-refractivity contribution in [1.82, 2.24) is 26.2 Å². The first kappa shape index (κ1) is 24.1. The fourth-order valence-electron chi connectivity index (χ4n) is 4.30. The maximum absolute atomic E-state index is 13.8. The van der Waals surface area contributed by atoms with Crippen molar-refractivity contribution in [1.29, 1.82) is 5.26 Å². The van der Waals surface area contributed by atoms with Crippen molar-refractivity contribution >= 4 is 17.9 Å². The van der Waals surface area contributed by atoms with Gasteiger partial charge in [-0.05, 0) is 41.9 Å². The molecule has 2 aromatic rings. The molecule has 2 atom stereocenters. The molecule has 3 N–H and O–H groups in total. The van der Waals surface area contributed by atoms with E-state index >= 15 is 0 Å². The summed E-state index contributed by atoms with van der Waals surface area (Å²) in [6, 6.07) is 12.2. The maximum atomic E-state index is 13.8. The molecule has 1 saturated heterocycles. The third-order valence-corrected chi connectivity index (χ3v) is 5.97. The third kappa shape index (κ3) is 4.24. The predicted octanol–water partition coefficient (Wildman–Crippen LogP) is 1.35. The molecule has 1 aliphatic heterocycles. The van der Waals surface area contributed by atoms with Gasteiger partial charge in [0.2, 0.25) is 0 Å². The van der Waals surface area contributed by atoms with Gasteiger partial charge in [-0.1, -0.05) is 36.9 Å². The molecule has 1 aliphatic rings. The number of nitriles is 1. The van der Waals surface area contributed by atoms with Crippen molar-refractivity contribution in [3.63, 3.8) is 0 Å². The number of amides is 2. The zero-order valence-electron chi connectivity index (χ0n) is 18.9. The van der Waals surface area contributed by atoms with Crippen molar-refractivity contribution in [2.45, 2.75) is 24.5 Å². The number of piperazine rings is 1. The summed E-state index contributed by atoms with van der Waals surface area (Å²) < 4.78 is 13.4. The summed E-state index contributed by atoms with van der Waals surface area (Å²) in [6.45, 7) is 3.80. The van der Waals surface area contributed by atoms with Gasteiger partial charge in [-0.2, -0.15) is 5.26 Å². The van der Waals surface area contributed by atoms with Crippen LogP contribution < -0.4 is 16.2 Å². The smallest absolute Gasteiger partial charge is 0.280 e. The minimum atomic E-state index is -1.46. The number of nitrogens with zero attached hydrogens (tertiary/aromatic N) is 3. The molecule has 0 aromatic heterocycles. The van der Waals surface area contributed by atoms with Gasteiger partial charge in [0.25, 0.3) is 11.8 Å². The van der Waals surface area contributed by atoms with Gasteiger partial charge in [-0.25, -0.2) is 20.3 Å². The number of likely N-dealkylation sites (N-methyl/N-ethyl adjacent to an activating group) is 1. The summed E-state index contributed by atoms with van der Waals surface area (Å²) in [5.41, 5.74) is 6.70. The number of benzene rings is 2. The predicted molar refractivity (Wildman–Crippen MR) is 122 cm³/mol. The van der Waals surface area contributed by atoms with Crippen molar-refractivity contribution in [2.75, 3.05) is 21.1 Å². The van der Waals surface area contributed by atoms with E-state index < -0.39 is 17.6 Å². The molecule has 0 aliphatic carbocycles. The molecule has 2 amide bonds. The average Bonchev–Trinajstić information content (AvgIpc) is 2.83. The Bertz CT molecular complexity index is 1100. The van der Waals surface area contributed by atoms with Crippen LogP contribution >= 0.6 is 0 Å². The molecular weight excluding hydrogens is 423 g/mol. The Morgan fingerprint density at radius 2 is 1.85 bits per heavy atom. The van der Waals surface area contributed by atoms with Crippen molar-refractivity contribution < 1.29 is 14.0 Å². The molecule has 33 heavy (non-hydrogen) atoms. The van der Waals surface area contributed by atoms with Crippen LogP contribution in [0.5, 0.6) is 0 Å². The molecule has 8 nitrogen and oxygen atoms in total. The number of halogens is 1. The number of nitrogens with one attached hydrogen (secondary N) is 3. The van der Waals surface area contributed by atoms with Crippen LogP contribution in [-0.4, -0.2) is 54.7 Å². The molecule has 0 spiro atoms. The number of hydrogen-bond acceptors (Lipinski definition) is 6. The molecule has 3 rings (SSSR count). The van der Waals surface area contributed by atoms with Crippen molar-refractivity contribution in [3.05, 3.63) is 77.1 Å². The Labute approximate surface area is 192 Å². The van der Waals surface area contributed by atoms with Gasteiger partial charge >= 0.3 is 0 Å². The lowest BCUT2D eigenvalue weighted by Gasteiger charge is -2.51. The van der Waals surface area contributed by atoms with E-state index in [-0.39, 0.29) is 24.6 Å². The Hall–Kier alpha value is -3.58. The van der Waals surface area contributed by atoms with E-state index in [0.29, 0.717) is 16.7 Å². The molecule has 2 unspecified atom stereocenters. The summed E-state index contributed by atoms with van der Waals surface area (Å²) in [4.78, 5) is 27.5. The van der Waals surface area contributed by atoms with E-state index in [1.165, 1.54) is 22.2 Å². The van der Waals surface area contributed by atoms with Crippen LogP contribution in [0.15, 0.2) is 49.0 Å². The van der Waals surface area contributed by atoms with E-state index in [2.05, 4.69) is 28.8 Å². The van der Waals surface area contributed by atoms with Crippen molar-refractivity contribution in [2.24, 2.45) is 0 Å². The highest BCUT2D eigenvalue weighted by molar-refractivity contribution is 5.99. The maximum Gasteiger partial charge on any atom is 0.280 e. The summed E-state index contributed by atoms with van der Waals surface area (Å²) >= 11 is 0. The highest BCUT2D eigenvalue weighted by Crippen LogP contribution is 2.29. The molecule has 0 saturated carbocycles. The Morgan fingerprint density at radius 1 is 1.15 bits per heavy atom. The Kier molecular flexibility index (Phi) is 7.23. The average molecular weight is 451 g/mol. The number of hydrogen-bond donors (Lipinski definition) is 3. The van der Waals surface area contributed by atoms with E-state index in [1.54, 1.807) is 51.5 Å². The van der Waals surface area contributed by atoms with Crippen LogP contribution in [0.1, 0.15) is 22.3 Å². The van der Waals surface area contributed by atoms with E-state index in [4.69, 9.17) is 0 Å². The van der Waals surface area contributed by atoms with Crippen molar-refractivity contribution in [3.8, 4) is 6.07 Å². The van der Waals surface area contributed by atoms with Gasteiger partial charge in [-0.3, -0.25) is 19.9 Å². The normalized spacial score (nSPS) is 20.6. The zero-order chi connectivity index (χ0) is 24.2. The molecule has 2 aromatic carbocycles. The molecule has 0 radical (unpaired) electrons. The first-order valence-corrected chi connectivity index (χ1v) is 10.5. The van der Waals surface area contributed by atoms with Crippen LogP contribution in [0.3, 0.4) is 0 Å². The number of carbonyl (C=O) groups excluding carboxylic acids is 2. The quantitative estimate of drug-likeness (QED) is 0.562. The van der Waals surface area contributed by atoms with Gasteiger partial charge in [0.15, 0.2) is 5.66 Å². The summed E-state index contributed by atoms with van der Waals surface area (Å²) in [5.74, 6) is -1.16. The minimum absolute atomic E-state index is 0.104. The van der Waals surface area contributed by atoms with Gasteiger partial charge in [-0.15, -0.1) is 0 Å². The summed E-state index contributed by atoms with van der Waals surface area (Å²) in [6.07, 6.45) is 1.84. The fraction of sp³-hybridized carbons (Fsp3) is 0.292. The van der Waals surface area contributed by atoms with E-state index in [1.807, 2.05) is 6.07 Å². The number of hydrazine groups is 2. The van der Waals surface area contributed by atoms with Crippen LogP contribution in [0, 0.1) is 17.1 Å². The lowest BCUT2D eigenvalue weighted by molar-refractivity contribution is -0.181. The second kappa shape index (κ2) is 9.92. The van der Waals surface area contributed by atoms with Crippen LogP contribution in [0.25, 0.3) is 6.08 Å². The minimum Gasteiger partial charge on any atom is -0.288 e. The molecular formula is C24H27FN6O2. The Morgan fingerprint density at radius 3 is 2.39 bits per heavy atom. The van der Waals surface area contributed by atoms with Gasteiger partial charge in [0.1, 0.15) is 11.9 Å². The third-order valence-electron chi connectivity index (χ3n) is 5.97. The highest BCUT2D eigenvalue weighted by atomic mass is 19.1. The zero-order valence-corrected chi connectivity index (χ0v) is 18.9. The molecule has 1 heterocycles. The lowest BCUT2D eigenvalue weighted by atomic mass is 9.89. The summed E-state index contributed by atoms with van der Waals surface area (Å²) in [5, 5.41) is 15.2. The number of carbonyl (C=O) groups is 2. The molecule has 9 heteroatoms. The fourth-order valence-corrected chi connectivity index (χ4v) is 4.30.